The van der Waals surface area contributed by atoms with Crippen molar-refractivity contribution in [1.82, 2.24) is 29.6 Å². The van der Waals surface area contributed by atoms with E-state index in [4.69, 9.17) is 0 Å². The molecule has 4 aromatic rings. The summed E-state index contributed by atoms with van der Waals surface area (Å²) in [5.41, 5.74) is 2.64. The number of pyridine rings is 1. The minimum absolute atomic E-state index is 0.0370. The lowest BCUT2D eigenvalue weighted by Gasteiger charge is -2.34. The summed E-state index contributed by atoms with van der Waals surface area (Å²) in [7, 11) is 0. The number of hydrogen-bond donors (Lipinski definition) is 3. The van der Waals surface area contributed by atoms with E-state index in [1.54, 1.807) is 0 Å². The molecule has 1 aliphatic heterocycles. The van der Waals surface area contributed by atoms with Crippen LogP contribution in [0.4, 0.5) is 16.0 Å². The van der Waals surface area contributed by atoms with Gasteiger partial charge in [-0.1, -0.05) is 6.07 Å². The van der Waals surface area contributed by atoms with Crippen LogP contribution in [0.2, 0.25) is 0 Å². The number of aliphatic hydroxyl groups is 1. The molecule has 0 saturated heterocycles. The molecule has 1 aromatic carbocycles. The first-order valence-corrected chi connectivity index (χ1v) is 12.8. The molecule has 0 amide bonds. The van der Waals surface area contributed by atoms with Gasteiger partial charge in [0.2, 0.25) is 5.95 Å². The third-order valence-corrected chi connectivity index (χ3v) is 7.74. The first-order chi connectivity index (χ1) is 17.7. The lowest BCUT2D eigenvalue weighted by atomic mass is 9.85. The maximum absolute atomic E-state index is 15.2. The largest absolute Gasteiger partial charge is 0.384 e. The van der Waals surface area contributed by atoms with Gasteiger partial charge < -0.3 is 15.7 Å². The summed E-state index contributed by atoms with van der Waals surface area (Å²) >= 11 is 0. The van der Waals surface area contributed by atoms with Gasteiger partial charge in [-0.2, -0.15) is 4.98 Å². The lowest BCUT2D eigenvalue weighted by molar-refractivity contribution is 0.146. The molecular weight excluding hydrogens is 473 g/mol. The number of nitrogens with zero attached hydrogens (tertiary/aromatic N) is 5. The molecule has 2 aliphatic carbocycles. The molecule has 4 heterocycles. The fourth-order valence-corrected chi connectivity index (χ4v) is 5.35. The number of hydrogen-bond acceptors (Lipinski definition) is 7. The van der Waals surface area contributed by atoms with E-state index in [-0.39, 0.29) is 28.6 Å². The number of halogens is 1. The van der Waals surface area contributed by atoms with Gasteiger partial charge in [0.15, 0.2) is 17.3 Å². The third kappa shape index (κ3) is 3.66. The van der Waals surface area contributed by atoms with Gasteiger partial charge in [0, 0.05) is 17.4 Å². The first-order valence-electron chi connectivity index (χ1n) is 12.8. The summed E-state index contributed by atoms with van der Waals surface area (Å²) in [4.78, 5) is 26.9. The van der Waals surface area contributed by atoms with Gasteiger partial charge in [0.25, 0.3) is 5.56 Å². The van der Waals surface area contributed by atoms with Crippen molar-refractivity contribution in [3.63, 3.8) is 0 Å². The van der Waals surface area contributed by atoms with Crippen LogP contribution in [0, 0.1) is 5.82 Å². The number of nitrogens with one attached hydrogen (secondary N) is 2. The number of fused-ring (bicyclic) bond motifs is 2. The number of anilines is 2. The summed E-state index contributed by atoms with van der Waals surface area (Å²) in [5.74, 6) is -0.317. The Kier molecular flexibility index (Phi) is 4.69. The van der Waals surface area contributed by atoms with Crippen LogP contribution in [-0.2, 0) is 17.6 Å². The topological polar surface area (TPSA) is 110 Å². The zero-order valence-electron chi connectivity index (χ0n) is 20.8. The van der Waals surface area contributed by atoms with E-state index < -0.39 is 11.4 Å². The molecular formula is C27H28FN7O2. The third-order valence-electron chi connectivity index (χ3n) is 7.74. The standard InChI is InChI=1S/C27H28FN7O2/c1-26(2)19-6-3-16(13-15(19)9-12-30-26)31-25-29-14-18-22(33-25)35(34(24(18)36)17-4-5-17)23-20(28)7-8-21(32-23)27(37)10-11-27/h3,6-8,13-14,17,30,37H,4-5,9-12H2,1-2H3,(H,29,31,33). The van der Waals surface area contributed by atoms with Crippen molar-refractivity contribution in [2.24, 2.45) is 0 Å². The van der Waals surface area contributed by atoms with Gasteiger partial charge in [-0.05, 0) is 87.9 Å². The molecule has 0 unspecified atom stereocenters. The van der Waals surface area contributed by atoms with Crippen LogP contribution in [0.25, 0.3) is 16.9 Å². The molecule has 0 radical (unpaired) electrons. The molecule has 2 saturated carbocycles. The Labute approximate surface area is 212 Å². The molecule has 0 spiro atoms. The van der Waals surface area contributed by atoms with Crippen LogP contribution in [0.3, 0.4) is 0 Å². The van der Waals surface area contributed by atoms with E-state index in [1.807, 2.05) is 6.07 Å². The molecule has 0 atom stereocenters. The molecule has 3 aliphatic rings. The molecule has 3 aromatic heterocycles. The Morgan fingerprint density at radius 1 is 1.16 bits per heavy atom. The average molecular weight is 502 g/mol. The fourth-order valence-electron chi connectivity index (χ4n) is 5.35. The second kappa shape index (κ2) is 7.69. The van der Waals surface area contributed by atoms with E-state index in [0.717, 1.165) is 31.5 Å². The monoisotopic (exact) mass is 501 g/mol. The molecule has 3 N–H and O–H groups in total. The van der Waals surface area contributed by atoms with Gasteiger partial charge in [-0.3, -0.25) is 4.79 Å². The second-order valence-corrected chi connectivity index (χ2v) is 11.0. The van der Waals surface area contributed by atoms with Gasteiger partial charge >= 0.3 is 0 Å². The second-order valence-electron chi connectivity index (χ2n) is 11.0. The Bertz CT molecular complexity index is 1630. The zero-order chi connectivity index (χ0) is 25.5. The smallest absolute Gasteiger partial charge is 0.278 e. The summed E-state index contributed by atoms with van der Waals surface area (Å²) in [5, 5.41) is 17.7. The summed E-state index contributed by atoms with van der Waals surface area (Å²) in [6.07, 6.45) is 5.21. The van der Waals surface area contributed by atoms with Crippen molar-refractivity contribution in [1.29, 1.82) is 0 Å². The Morgan fingerprint density at radius 3 is 2.73 bits per heavy atom. The summed E-state index contributed by atoms with van der Waals surface area (Å²) < 4.78 is 18.2. The predicted octanol–water partition coefficient (Wildman–Crippen LogP) is 3.56. The highest BCUT2D eigenvalue weighted by atomic mass is 19.1. The Balaban J connectivity index is 1.34. The van der Waals surface area contributed by atoms with Crippen LogP contribution in [0.15, 0.2) is 41.3 Å². The molecule has 7 rings (SSSR count). The van der Waals surface area contributed by atoms with E-state index in [1.165, 1.54) is 38.8 Å². The van der Waals surface area contributed by atoms with Crippen molar-refractivity contribution >= 4 is 22.7 Å². The highest BCUT2D eigenvalue weighted by molar-refractivity contribution is 5.77. The van der Waals surface area contributed by atoms with Crippen molar-refractivity contribution in [2.75, 3.05) is 11.9 Å². The van der Waals surface area contributed by atoms with E-state index in [9.17, 15) is 9.90 Å². The fraction of sp³-hybridized carbons (Fsp3) is 0.407. The van der Waals surface area contributed by atoms with Gasteiger partial charge in [-0.25, -0.2) is 23.7 Å². The Hall–Kier alpha value is -3.63. The number of benzene rings is 1. The van der Waals surface area contributed by atoms with Crippen LogP contribution in [0.1, 0.15) is 62.4 Å². The zero-order valence-corrected chi connectivity index (χ0v) is 20.8. The van der Waals surface area contributed by atoms with Crippen molar-refractivity contribution in [3.05, 3.63) is 69.5 Å². The molecule has 190 valence electrons. The quantitative estimate of drug-likeness (QED) is 0.384. The molecule has 2 fully saturated rings. The van der Waals surface area contributed by atoms with Crippen LogP contribution < -0.4 is 16.2 Å². The number of aromatic nitrogens is 5. The number of rotatable bonds is 5. The lowest BCUT2D eigenvalue weighted by Crippen LogP contribution is -2.42. The Morgan fingerprint density at radius 2 is 1.97 bits per heavy atom. The average Bonchev–Trinajstić information content (AvgIpc) is 3.80. The highest BCUT2D eigenvalue weighted by Crippen LogP contribution is 2.45. The van der Waals surface area contributed by atoms with E-state index >= 15 is 4.39 Å². The summed E-state index contributed by atoms with van der Waals surface area (Å²) in [6, 6.07) is 8.95. The SMILES string of the molecule is CC1(C)NCCc2cc(Nc3ncc4c(=O)n(C5CC5)n(-c5nc(C6(O)CC6)ccc5F)c4n3)ccc21. The van der Waals surface area contributed by atoms with Crippen LogP contribution in [0.5, 0.6) is 0 Å². The van der Waals surface area contributed by atoms with Gasteiger partial charge in [-0.15, -0.1) is 0 Å². The molecule has 9 nitrogen and oxygen atoms in total. The summed E-state index contributed by atoms with van der Waals surface area (Å²) in [6.45, 7) is 5.24. The van der Waals surface area contributed by atoms with Gasteiger partial charge in [0.1, 0.15) is 11.0 Å². The maximum atomic E-state index is 15.2. The van der Waals surface area contributed by atoms with Gasteiger partial charge in [0.05, 0.1) is 11.7 Å². The minimum Gasteiger partial charge on any atom is -0.384 e. The van der Waals surface area contributed by atoms with Crippen molar-refractivity contribution in [3.8, 4) is 5.82 Å². The van der Waals surface area contributed by atoms with E-state index in [0.29, 0.717) is 29.9 Å². The van der Waals surface area contributed by atoms with Crippen molar-refractivity contribution < 1.29 is 9.50 Å². The van der Waals surface area contributed by atoms with E-state index in [2.05, 4.69) is 51.6 Å². The minimum atomic E-state index is -1.03. The molecule has 10 heteroatoms. The molecule has 0 bridgehead atoms. The van der Waals surface area contributed by atoms with Crippen molar-refractivity contribution in [2.45, 2.75) is 63.1 Å². The maximum Gasteiger partial charge on any atom is 0.278 e. The van der Waals surface area contributed by atoms with Crippen LogP contribution in [-0.4, -0.2) is 36.0 Å². The van der Waals surface area contributed by atoms with Crippen LogP contribution >= 0.6 is 0 Å². The first kappa shape index (κ1) is 22.6. The highest BCUT2D eigenvalue weighted by Gasteiger charge is 2.44. The normalized spacial score (nSPS) is 19.6. The molecule has 37 heavy (non-hydrogen) atoms. The predicted molar refractivity (Wildman–Crippen MR) is 137 cm³/mol.